The van der Waals surface area contributed by atoms with Crippen molar-refractivity contribution >= 4 is 31.6 Å². The molecule has 2 aliphatic heterocycles. The van der Waals surface area contributed by atoms with Crippen LogP contribution in [0, 0.1) is 29.7 Å². The van der Waals surface area contributed by atoms with Crippen molar-refractivity contribution in [1.82, 2.24) is 9.80 Å². The number of hydrogen-bond donors (Lipinski definition) is 0. The van der Waals surface area contributed by atoms with E-state index in [0.29, 0.717) is 28.8 Å². The lowest BCUT2D eigenvalue weighted by atomic mass is 10.1. The predicted molar refractivity (Wildman–Crippen MR) is 117 cm³/mol. The molecule has 0 unspecified atom stereocenters. The van der Waals surface area contributed by atoms with Crippen LogP contribution in [0.2, 0.25) is 23.2 Å². The first-order chi connectivity index (χ1) is 13.5. The first kappa shape index (κ1) is 21.6. The zero-order valence-electron chi connectivity index (χ0n) is 18.0. The fraction of sp³-hybridized carbons (Fsp3) is 0.571. The number of guanidine groups is 1. The normalized spacial score (nSPS) is 23.3. The Bertz CT molecular complexity index is 925. The lowest BCUT2D eigenvalue weighted by Gasteiger charge is -2.39. The second-order valence-corrected chi connectivity index (χ2v) is 14.4. The van der Waals surface area contributed by atoms with Gasteiger partial charge in [0.1, 0.15) is 6.07 Å². The van der Waals surface area contributed by atoms with E-state index in [1.165, 1.54) is 0 Å². The van der Waals surface area contributed by atoms with Gasteiger partial charge in [-0.25, -0.2) is 9.89 Å². The van der Waals surface area contributed by atoms with E-state index in [4.69, 9.17) is 26.3 Å². The van der Waals surface area contributed by atoms with Gasteiger partial charge in [-0.15, -0.1) is 0 Å². The van der Waals surface area contributed by atoms with Crippen LogP contribution in [0.3, 0.4) is 0 Å². The van der Waals surface area contributed by atoms with Gasteiger partial charge in [0.05, 0.1) is 35.0 Å². The zero-order chi connectivity index (χ0) is 21.6. The number of hydrogen-bond acceptors (Lipinski definition) is 4. The maximum atomic E-state index is 9.69. The second-order valence-electron chi connectivity index (χ2n) is 9.27. The van der Waals surface area contributed by atoms with E-state index in [-0.39, 0.29) is 17.2 Å². The molecule has 154 valence electrons. The molecule has 8 heteroatoms. The lowest BCUT2D eigenvalue weighted by molar-refractivity contribution is 0.153. The van der Waals surface area contributed by atoms with Gasteiger partial charge in [-0.05, 0) is 49.2 Å². The van der Waals surface area contributed by atoms with E-state index in [1.54, 1.807) is 17.0 Å². The fourth-order valence-corrected chi connectivity index (χ4v) is 5.19. The van der Waals surface area contributed by atoms with Crippen LogP contribution < -0.4 is 0 Å². The number of halogens is 1. The lowest BCUT2D eigenvalue weighted by Crippen LogP contribution is -2.47. The van der Waals surface area contributed by atoms with E-state index < -0.39 is 8.32 Å². The third-order valence-electron chi connectivity index (χ3n) is 6.42. The number of fused-ring (bicyclic) bond motifs is 1. The predicted octanol–water partition coefficient (Wildman–Crippen LogP) is 4.77. The fourth-order valence-electron chi connectivity index (χ4n) is 3.61. The van der Waals surface area contributed by atoms with Crippen molar-refractivity contribution in [3.05, 3.63) is 28.3 Å². The van der Waals surface area contributed by atoms with Crippen molar-refractivity contribution in [2.24, 2.45) is 4.99 Å². The molecule has 0 aromatic heterocycles. The van der Waals surface area contributed by atoms with E-state index in [2.05, 4.69) is 51.0 Å². The van der Waals surface area contributed by atoms with Crippen LogP contribution >= 0.6 is 11.6 Å². The average Bonchev–Trinajstić information content (AvgIpc) is 3.18. The quantitative estimate of drug-likeness (QED) is 0.511. The highest BCUT2D eigenvalue weighted by Crippen LogP contribution is 2.40. The summed E-state index contributed by atoms with van der Waals surface area (Å²) in [5.74, 6) is 0.641. The number of nitriles is 2. The first-order valence-electron chi connectivity index (χ1n) is 9.90. The van der Waals surface area contributed by atoms with Crippen molar-refractivity contribution in [1.29, 1.82) is 10.5 Å². The summed E-state index contributed by atoms with van der Waals surface area (Å²) in [7, 11) is -1.90. The molecule has 3 rings (SSSR count). The van der Waals surface area contributed by atoms with Crippen LogP contribution in [0.4, 0.5) is 5.69 Å². The van der Waals surface area contributed by atoms with Crippen LogP contribution in [0.15, 0.2) is 17.1 Å². The van der Waals surface area contributed by atoms with Crippen molar-refractivity contribution in [2.45, 2.75) is 64.4 Å². The molecule has 0 radical (unpaired) electrons. The summed E-state index contributed by atoms with van der Waals surface area (Å²) in [4.78, 5) is 8.60. The highest BCUT2D eigenvalue weighted by molar-refractivity contribution is 6.74. The van der Waals surface area contributed by atoms with E-state index in [0.717, 1.165) is 18.5 Å². The van der Waals surface area contributed by atoms with E-state index in [9.17, 15) is 5.26 Å². The molecule has 0 saturated carbocycles. The number of rotatable bonds is 3. The summed E-state index contributed by atoms with van der Waals surface area (Å²) in [5, 5.41) is 19.4. The highest BCUT2D eigenvalue weighted by atomic mass is 35.5. The molecule has 2 fully saturated rings. The maximum Gasteiger partial charge on any atom is 0.215 e. The molecule has 2 heterocycles. The third-order valence-corrected chi connectivity index (χ3v) is 11.4. The molecule has 0 aliphatic carbocycles. The van der Waals surface area contributed by atoms with Crippen LogP contribution in [-0.2, 0) is 4.43 Å². The van der Waals surface area contributed by atoms with Crippen molar-refractivity contribution in [2.75, 3.05) is 13.1 Å². The zero-order valence-corrected chi connectivity index (χ0v) is 19.7. The van der Waals surface area contributed by atoms with Crippen molar-refractivity contribution in [3.63, 3.8) is 0 Å². The van der Waals surface area contributed by atoms with Gasteiger partial charge in [0.25, 0.3) is 0 Å². The molecule has 0 amide bonds. The largest absolute Gasteiger partial charge is 0.412 e. The van der Waals surface area contributed by atoms with Crippen LogP contribution in [0.25, 0.3) is 0 Å². The molecule has 1 aromatic carbocycles. The van der Waals surface area contributed by atoms with E-state index >= 15 is 0 Å². The van der Waals surface area contributed by atoms with Gasteiger partial charge in [-0.2, -0.15) is 10.5 Å². The van der Waals surface area contributed by atoms with Gasteiger partial charge in [-0.1, -0.05) is 32.4 Å². The summed E-state index contributed by atoms with van der Waals surface area (Å²) >= 11 is 6.30. The molecule has 0 spiro atoms. The molecular weight excluding hydrogens is 402 g/mol. The van der Waals surface area contributed by atoms with Gasteiger partial charge in [0.15, 0.2) is 14.5 Å². The molecular formula is C21H28ClN5OSi. The SMILES string of the molecule is Cc1c(N=C2N(C#N)C[C@@H]3[C@@H](O[Si](C)(C)C(C)(C)C)CCN23)ccc(C#N)c1Cl. The Labute approximate surface area is 179 Å². The number of nitrogens with zero attached hydrogens (tertiary/aromatic N) is 5. The summed E-state index contributed by atoms with van der Waals surface area (Å²) in [6.45, 7) is 14.5. The summed E-state index contributed by atoms with van der Waals surface area (Å²) in [5.41, 5.74) is 1.85. The van der Waals surface area contributed by atoms with Gasteiger partial charge in [-0.3, -0.25) is 0 Å². The Kier molecular flexibility index (Phi) is 5.70. The Morgan fingerprint density at radius 1 is 1.28 bits per heavy atom. The molecule has 2 saturated heterocycles. The topological polar surface area (TPSA) is 75.7 Å². The number of benzene rings is 1. The monoisotopic (exact) mass is 429 g/mol. The summed E-state index contributed by atoms with van der Waals surface area (Å²) < 4.78 is 6.69. The molecule has 2 atom stereocenters. The maximum absolute atomic E-state index is 9.69. The van der Waals surface area contributed by atoms with Gasteiger partial charge < -0.3 is 9.33 Å². The average molecular weight is 430 g/mol. The smallest absolute Gasteiger partial charge is 0.215 e. The molecule has 29 heavy (non-hydrogen) atoms. The molecule has 1 aromatic rings. The Morgan fingerprint density at radius 3 is 2.55 bits per heavy atom. The van der Waals surface area contributed by atoms with Crippen molar-refractivity contribution < 1.29 is 4.43 Å². The second kappa shape index (κ2) is 7.64. The minimum absolute atomic E-state index is 0.102. The Balaban J connectivity index is 1.90. The van der Waals surface area contributed by atoms with Crippen LogP contribution in [0.1, 0.15) is 38.3 Å². The van der Waals surface area contributed by atoms with Crippen LogP contribution in [-0.4, -0.2) is 49.3 Å². The van der Waals surface area contributed by atoms with Crippen LogP contribution in [0.5, 0.6) is 0 Å². The summed E-state index contributed by atoms with van der Waals surface area (Å²) in [6.07, 6.45) is 3.30. The molecule has 2 aliphatic rings. The minimum Gasteiger partial charge on any atom is -0.412 e. The van der Waals surface area contributed by atoms with Gasteiger partial charge >= 0.3 is 0 Å². The number of aliphatic imine (C=N–C) groups is 1. The minimum atomic E-state index is -1.90. The first-order valence-corrected chi connectivity index (χ1v) is 13.2. The third kappa shape index (κ3) is 3.87. The van der Waals surface area contributed by atoms with Crippen molar-refractivity contribution in [3.8, 4) is 12.3 Å². The molecule has 0 N–H and O–H groups in total. The van der Waals surface area contributed by atoms with Gasteiger partial charge in [0, 0.05) is 6.54 Å². The summed E-state index contributed by atoms with van der Waals surface area (Å²) in [6, 6.07) is 5.67. The molecule has 0 bridgehead atoms. The highest BCUT2D eigenvalue weighted by Gasteiger charge is 2.49. The Morgan fingerprint density at radius 2 is 1.97 bits per heavy atom. The van der Waals surface area contributed by atoms with Gasteiger partial charge in [0.2, 0.25) is 5.96 Å². The standard InChI is InChI=1S/C21H28ClN5OSi/c1-14-16(8-7-15(11-23)19(14)22)25-20-26(13-24)12-17-18(9-10-27(17)20)28-29(5,6)21(2,3)4/h7-8,17-18H,9-10,12H2,1-6H3/t17-,18+/m1/s1. The Hall–Kier alpha value is -2.06. The van der Waals surface area contributed by atoms with E-state index in [1.807, 2.05) is 6.92 Å². The molecule has 6 nitrogen and oxygen atoms in total.